The van der Waals surface area contributed by atoms with Gasteiger partial charge >= 0.3 is 0 Å². The molecule has 0 aliphatic carbocycles. The summed E-state index contributed by atoms with van der Waals surface area (Å²) in [6, 6.07) is 11.3. The van der Waals surface area contributed by atoms with E-state index in [1.807, 2.05) is 19.1 Å². The Labute approximate surface area is 139 Å². The van der Waals surface area contributed by atoms with Crippen LogP contribution < -0.4 is 5.32 Å². The van der Waals surface area contributed by atoms with Gasteiger partial charge in [-0.1, -0.05) is 12.1 Å². The van der Waals surface area contributed by atoms with Crippen molar-refractivity contribution in [3.63, 3.8) is 0 Å². The molecular weight excluding hydrogens is 307 g/mol. The Kier molecular flexibility index (Phi) is 4.77. The number of aliphatic hydroxyl groups is 1. The van der Waals surface area contributed by atoms with Crippen LogP contribution in [0.4, 0.5) is 10.2 Å². The van der Waals surface area contributed by atoms with Gasteiger partial charge in [-0.2, -0.15) is 0 Å². The third-order valence-corrected chi connectivity index (χ3v) is 3.51. The Morgan fingerprint density at radius 3 is 2.67 bits per heavy atom. The maximum atomic E-state index is 12.9. The first-order chi connectivity index (χ1) is 11.6. The van der Waals surface area contributed by atoms with Crippen LogP contribution in [0, 0.1) is 12.7 Å². The minimum Gasteiger partial charge on any atom is -0.387 e. The summed E-state index contributed by atoms with van der Waals surface area (Å²) < 4.78 is 12.9. The summed E-state index contributed by atoms with van der Waals surface area (Å²) in [5.41, 5.74) is 2.27. The zero-order valence-corrected chi connectivity index (χ0v) is 13.1. The van der Waals surface area contributed by atoms with Crippen LogP contribution in [0.5, 0.6) is 0 Å². The van der Waals surface area contributed by atoms with Crippen molar-refractivity contribution >= 4 is 5.82 Å². The number of benzene rings is 1. The average molecular weight is 324 g/mol. The normalized spacial score (nSPS) is 12.0. The van der Waals surface area contributed by atoms with Gasteiger partial charge in [0.05, 0.1) is 6.10 Å². The van der Waals surface area contributed by atoms with Crippen molar-refractivity contribution in [1.82, 2.24) is 15.0 Å². The maximum absolute atomic E-state index is 12.9. The topological polar surface area (TPSA) is 70.9 Å². The molecule has 122 valence electrons. The summed E-state index contributed by atoms with van der Waals surface area (Å²) in [5.74, 6) is 0.857. The fourth-order valence-corrected chi connectivity index (χ4v) is 2.29. The van der Waals surface area contributed by atoms with E-state index < -0.39 is 6.10 Å². The van der Waals surface area contributed by atoms with E-state index in [1.165, 1.54) is 12.1 Å². The molecule has 24 heavy (non-hydrogen) atoms. The number of halogens is 1. The minimum atomic E-state index is -0.761. The van der Waals surface area contributed by atoms with E-state index in [4.69, 9.17) is 0 Å². The van der Waals surface area contributed by atoms with Crippen LogP contribution in [0.2, 0.25) is 0 Å². The molecule has 0 bridgehead atoms. The van der Waals surface area contributed by atoms with Gasteiger partial charge in [-0.25, -0.2) is 14.4 Å². The molecule has 0 fully saturated rings. The second-order valence-electron chi connectivity index (χ2n) is 5.41. The highest BCUT2D eigenvalue weighted by molar-refractivity contribution is 5.56. The molecule has 1 atom stereocenters. The van der Waals surface area contributed by atoms with Gasteiger partial charge in [0, 0.05) is 36.3 Å². The number of aliphatic hydroxyl groups excluding tert-OH is 1. The quantitative estimate of drug-likeness (QED) is 0.754. The van der Waals surface area contributed by atoms with Crippen molar-refractivity contribution in [2.45, 2.75) is 13.0 Å². The largest absolute Gasteiger partial charge is 0.387 e. The molecule has 3 rings (SSSR count). The molecule has 0 unspecified atom stereocenters. The molecule has 2 heterocycles. The van der Waals surface area contributed by atoms with Crippen LogP contribution in [0.25, 0.3) is 11.4 Å². The number of nitrogens with zero attached hydrogens (tertiary/aromatic N) is 3. The monoisotopic (exact) mass is 324 g/mol. The summed E-state index contributed by atoms with van der Waals surface area (Å²) in [5, 5.41) is 13.3. The fourth-order valence-electron chi connectivity index (χ4n) is 2.29. The van der Waals surface area contributed by atoms with Gasteiger partial charge in [-0.15, -0.1) is 0 Å². The zero-order valence-electron chi connectivity index (χ0n) is 13.1. The van der Waals surface area contributed by atoms with Crippen LogP contribution >= 0.6 is 0 Å². The van der Waals surface area contributed by atoms with Gasteiger partial charge in [0.1, 0.15) is 11.6 Å². The molecule has 5 nitrogen and oxygen atoms in total. The van der Waals surface area contributed by atoms with Gasteiger partial charge in [0.25, 0.3) is 0 Å². The lowest BCUT2D eigenvalue weighted by atomic mass is 10.1. The standard InChI is InChI=1S/C18H17FN4O/c1-12-9-17(23-18(22-12)14-3-2-8-20-10-14)21-11-16(24)13-4-6-15(19)7-5-13/h2-10,16,24H,11H2,1H3,(H,21,22,23)/t16-/m0/s1. The number of aryl methyl sites for hydroxylation is 1. The van der Waals surface area contributed by atoms with Gasteiger partial charge in [-0.3, -0.25) is 4.98 Å². The Balaban J connectivity index is 1.73. The fraction of sp³-hybridized carbons (Fsp3) is 0.167. The Morgan fingerprint density at radius 2 is 1.96 bits per heavy atom. The summed E-state index contributed by atoms with van der Waals surface area (Å²) in [7, 11) is 0. The molecule has 2 N–H and O–H groups in total. The molecule has 3 aromatic rings. The van der Waals surface area contributed by atoms with E-state index in [0.717, 1.165) is 11.3 Å². The molecule has 0 radical (unpaired) electrons. The molecule has 0 spiro atoms. The van der Waals surface area contributed by atoms with Crippen molar-refractivity contribution in [1.29, 1.82) is 0 Å². The minimum absolute atomic E-state index is 0.258. The lowest BCUT2D eigenvalue weighted by Crippen LogP contribution is -2.13. The molecule has 0 aliphatic rings. The molecule has 0 aliphatic heterocycles. The first kappa shape index (κ1) is 16.0. The van der Waals surface area contributed by atoms with Crippen LogP contribution in [0.3, 0.4) is 0 Å². The van der Waals surface area contributed by atoms with Crippen molar-refractivity contribution in [3.8, 4) is 11.4 Å². The Hall–Kier alpha value is -2.86. The van der Waals surface area contributed by atoms with E-state index in [2.05, 4.69) is 20.3 Å². The summed E-state index contributed by atoms with van der Waals surface area (Å²) in [6.07, 6.45) is 2.63. The van der Waals surface area contributed by atoms with Crippen LogP contribution in [0.1, 0.15) is 17.4 Å². The van der Waals surface area contributed by atoms with E-state index in [1.54, 1.807) is 30.6 Å². The van der Waals surface area contributed by atoms with Gasteiger partial charge in [0.15, 0.2) is 5.82 Å². The Morgan fingerprint density at radius 1 is 1.17 bits per heavy atom. The molecule has 1 aromatic carbocycles. The van der Waals surface area contributed by atoms with Crippen molar-refractivity contribution < 1.29 is 9.50 Å². The smallest absolute Gasteiger partial charge is 0.163 e. The second-order valence-corrected chi connectivity index (χ2v) is 5.41. The number of hydrogen-bond acceptors (Lipinski definition) is 5. The number of aromatic nitrogens is 3. The summed E-state index contributed by atoms with van der Waals surface area (Å²) in [4.78, 5) is 12.9. The zero-order chi connectivity index (χ0) is 16.9. The SMILES string of the molecule is Cc1cc(NC[C@H](O)c2ccc(F)cc2)nc(-c2cccnc2)n1. The number of anilines is 1. The van der Waals surface area contributed by atoms with E-state index in [-0.39, 0.29) is 12.4 Å². The maximum Gasteiger partial charge on any atom is 0.163 e. The highest BCUT2D eigenvalue weighted by atomic mass is 19.1. The third-order valence-electron chi connectivity index (χ3n) is 3.51. The molecule has 6 heteroatoms. The van der Waals surface area contributed by atoms with E-state index >= 15 is 0 Å². The molecule has 0 amide bonds. The predicted octanol–water partition coefficient (Wildman–Crippen LogP) is 3.13. The number of hydrogen-bond donors (Lipinski definition) is 2. The predicted molar refractivity (Wildman–Crippen MR) is 89.8 cm³/mol. The van der Waals surface area contributed by atoms with E-state index in [0.29, 0.717) is 17.2 Å². The lowest BCUT2D eigenvalue weighted by Gasteiger charge is -2.13. The number of nitrogens with one attached hydrogen (secondary N) is 1. The van der Waals surface area contributed by atoms with Gasteiger partial charge in [0.2, 0.25) is 0 Å². The Bertz CT molecular complexity index is 809. The number of pyridine rings is 1. The van der Waals surface area contributed by atoms with E-state index in [9.17, 15) is 9.50 Å². The van der Waals surface area contributed by atoms with Gasteiger partial charge in [-0.05, 0) is 36.8 Å². The summed E-state index contributed by atoms with van der Waals surface area (Å²) >= 11 is 0. The second kappa shape index (κ2) is 7.14. The molecule has 0 saturated heterocycles. The van der Waals surface area contributed by atoms with Crippen molar-refractivity contribution in [3.05, 3.63) is 71.9 Å². The summed E-state index contributed by atoms with van der Waals surface area (Å²) in [6.45, 7) is 2.14. The first-order valence-electron chi connectivity index (χ1n) is 7.55. The first-order valence-corrected chi connectivity index (χ1v) is 7.55. The molecule has 2 aromatic heterocycles. The molecular formula is C18H17FN4O. The molecule has 0 saturated carbocycles. The lowest BCUT2D eigenvalue weighted by molar-refractivity contribution is 0.191. The third kappa shape index (κ3) is 3.91. The van der Waals surface area contributed by atoms with Crippen LogP contribution in [-0.2, 0) is 0 Å². The van der Waals surface area contributed by atoms with Crippen LogP contribution in [-0.4, -0.2) is 26.6 Å². The van der Waals surface area contributed by atoms with Crippen molar-refractivity contribution in [2.24, 2.45) is 0 Å². The highest BCUT2D eigenvalue weighted by Crippen LogP contribution is 2.18. The van der Waals surface area contributed by atoms with Crippen LogP contribution in [0.15, 0.2) is 54.9 Å². The number of rotatable bonds is 5. The van der Waals surface area contributed by atoms with Gasteiger partial charge < -0.3 is 10.4 Å². The average Bonchev–Trinajstić information content (AvgIpc) is 2.60. The highest BCUT2D eigenvalue weighted by Gasteiger charge is 2.09. The van der Waals surface area contributed by atoms with Crippen molar-refractivity contribution in [2.75, 3.05) is 11.9 Å².